The van der Waals surface area contributed by atoms with Crippen molar-refractivity contribution in [2.45, 2.75) is 37.6 Å². The first-order valence-electron chi connectivity index (χ1n) is 8.20. The van der Waals surface area contributed by atoms with E-state index in [-0.39, 0.29) is 23.0 Å². The van der Waals surface area contributed by atoms with Crippen LogP contribution in [0, 0.1) is 5.82 Å². The Morgan fingerprint density at radius 1 is 1.27 bits per heavy atom. The quantitative estimate of drug-likeness (QED) is 0.901. The summed E-state index contributed by atoms with van der Waals surface area (Å²) >= 11 is 0. The number of para-hydroxylation sites is 1. The fourth-order valence-corrected chi connectivity index (χ4v) is 3.76. The predicted octanol–water partition coefficient (Wildman–Crippen LogP) is 2.37. The molecule has 1 spiro atoms. The normalized spacial score (nSPS) is 21.7. The van der Waals surface area contributed by atoms with Crippen molar-refractivity contribution in [3.05, 3.63) is 30.1 Å². The van der Waals surface area contributed by atoms with E-state index in [2.05, 4.69) is 15.5 Å². The van der Waals surface area contributed by atoms with E-state index in [9.17, 15) is 9.18 Å². The third-order valence-corrected chi connectivity index (χ3v) is 4.95. The highest BCUT2D eigenvalue weighted by Crippen LogP contribution is 2.34. The van der Waals surface area contributed by atoms with Crippen LogP contribution >= 0.6 is 0 Å². The number of carbonyl (C=O) groups is 1. The number of hydrogen-bond donors (Lipinski definition) is 2. The van der Waals surface area contributed by atoms with Crippen LogP contribution in [0.1, 0.15) is 32.1 Å². The molecule has 1 aliphatic carbocycles. The van der Waals surface area contributed by atoms with Gasteiger partial charge in [-0.2, -0.15) is 0 Å². The number of rotatable bonds is 3. The summed E-state index contributed by atoms with van der Waals surface area (Å²) in [6, 6.07) is 6.31. The molecule has 3 rings (SSSR count). The molecule has 22 heavy (non-hydrogen) atoms. The minimum atomic E-state index is -0.386. The van der Waals surface area contributed by atoms with Crippen LogP contribution in [-0.4, -0.2) is 42.5 Å². The summed E-state index contributed by atoms with van der Waals surface area (Å²) in [5, 5.41) is 6.18. The van der Waals surface area contributed by atoms with Gasteiger partial charge < -0.3 is 10.6 Å². The van der Waals surface area contributed by atoms with Crippen molar-refractivity contribution in [2.24, 2.45) is 0 Å². The van der Waals surface area contributed by atoms with Crippen LogP contribution in [0.25, 0.3) is 0 Å². The second-order valence-corrected chi connectivity index (χ2v) is 6.41. The molecule has 4 nitrogen and oxygen atoms in total. The second kappa shape index (κ2) is 6.75. The third-order valence-electron chi connectivity index (χ3n) is 4.95. The third kappa shape index (κ3) is 3.31. The molecule has 2 N–H and O–H groups in total. The largest absolute Gasteiger partial charge is 0.322 e. The molecule has 1 aromatic rings. The fourth-order valence-electron chi connectivity index (χ4n) is 3.76. The Kier molecular flexibility index (Phi) is 4.74. The number of hydrogen-bond acceptors (Lipinski definition) is 3. The van der Waals surface area contributed by atoms with E-state index in [0.717, 1.165) is 32.5 Å². The smallest absolute Gasteiger partial charge is 0.238 e. The number of halogens is 1. The van der Waals surface area contributed by atoms with Gasteiger partial charge in [0.1, 0.15) is 5.82 Å². The maximum atomic E-state index is 13.6. The lowest BCUT2D eigenvalue weighted by Crippen LogP contribution is -2.63. The highest BCUT2D eigenvalue weighted by Gasteiger charge is 2.40. The molecular formula is C17H24FN3O. The number of amides is 1. The zero-order chi connectivity index (χ0) is 15.4. The maximum Gasteiger partial charge on any atom is 0.238 e. The summed E-state index contributed by atoms with van der Waals surface area (Å²) in [5.74, 6) is -0.513. The highest BCUT2D eigenvalue weighted by molar-refractivity contribution is 5.92. The second-order valence-electron chi connectivity index (χ2n) is 6.41. The maximum absolute atomic E-state index is 13.6. The van der Waals surface area contributed by atoms with Gasteiger partial charge in [0.25, 0.3) is 0 Å². The molecular weight excluding hydrogens is 281 g/mol. The molecule has 0 aromatic heterocycles. The van der Waals surface area contributed by atoms with Crippen molar-refractivity contribution >= 4 is 11.6 Å². The molecule has 0 atom stereocenters. The summed E-state index contributed by atoms with van der Waals surface area (Å²) in [4.78, 5) is 14.6. The number of benzene rings is 1. The first kappa shape index (κ1) is 15.4. The van der Waals surface area contributed by atoms with Crippen LogP contribution in [0.15, 0.2) is 24.3 Å². The molecule has 0 bridgehead atoms. The van der Waals surface area contributed by atoms with Crippen molar-refractivity contribution < 1.29 is 9.18 Å². The number of carbonyl (C=O) groups excluding carboxylic acids is 1. The molecule has 1 saturated heterocycles. The molecule has 5 heteroatoms. The summed E-state index contributed by atoms with van der Waals surface area (Å²) in [7, 11) is 0. The van der Waals surface area contributed by atoms with E-state index in [4.69, 9.17) is 0 Å². The van der Waals surface area contributed by atoms with E-state index in [1.165, 1.54) is 25.3 Å². The van der Waals surface area contributed by atoms with Gasteiger partial charge in [0, 0.05) is 25.2 Å². The monoisotopic (exact) mass is 305 g/mol. The number of anilines is 1. The standard InChI is InChI=1S/C17H24FN3O/c18-14-6-2-3-7-15(14)20-16(22)12-21-11-10-19-13-17(21)8-4-1-5-9-17/h2-3,6-7,19H,1,4-5,8-13H2,(H,20,22). The molecule has 0 radical (unpaired) electrons. The van der Waals surface area contributed by atoms with Crippen molar-refractivity contribution in [3.8, 4) is 0 Å². The topological polar surface area (TPSA) is 44.4 Å². The van der Waals surface area contributed by atoms with Crippen LogP contribution < -0.4 is 10.6 Å². The van der Waals surface area contributed by atoms with Gasteiger partial charge in [-0.05, 0) is 25.0 Å². The van der Waals surface area contributed by atoms with E-state index < -0.39 is 0 Å². The molecule has 1 amide bonds. The van der Waals surface area contributed by atoms with Crippen molar-refractivity contribution in [3.63, 3.8) is 0 Å². The van der Waals surface area contributed by atoms with Gasteiger partial charge in [0.2, 0.25) is 5.91 Å². The number of nitrogens with one attached hydrogen (secondary N) is 2. The van der Waals surface area contributed by atoms with E-state index >= 15 is 0 Å². The van der Waals surface area contributed by atoms with E-state index in [1.54, 1.807) is 18.2 Å². The predicted molar refractivity (Wildman–Crippen MR) is 85.3 cm³/mol. The Balaban J connectivity index is 1.65. The van der Waals surface area contributed by atoms with Gasteiger partial charge in [-0.25, -0.2) is 4.39 Å². The lowest BCUT2D eigenvalue weighted by molar-refractivity contribution is -0.120. The number of piperazine rings is 1. The summed E-state index contributed by atoms with van der Waals surface area (Å²) < 4.78 is 13.6. The van der Waals surface area contributed by atoms with Gasteiger partial charge >= 0.3 is 0 Å². The van der Waals surface area contributed by atoms with Crippen LogP contribution in [-0.2, 0) is 4.79 Å². The lowest BCUT2D eigenvalue weighted by Gasteiger charge is -2.49. The SMILES string of the molecule is O=C(CN1CCNCC12CCCCC2)Nc1ccccc1F. The Morgan fingerprint density at radius 2 is 2.05 bits per heavy atom. The zero-order valence-corrected chi connectivity index (χ0v) is 12.9. The van der Waals surface area contributed by atoms with Gasteiger partial charge in [0.05, 0.1) is 12.2 Å². The van der Waals surface area contributed by atoms with E-state index in [0.29, 0.717) is 6.54 Å². The molecule has 1 aromatic carbocycles. The number of nitrogens with zero attached hydrogens (tertiary/aromatic N) is 1. The van der Waals surface area contributed by atoms with Crippen LogP contribution in [0.3, 0.4) is 0 Å². The molecule has 120 valence electrons. The average molecular weight is 305 g/mol. The van der Waals surface area contributed by atoms with Gasteiger partial charge in [-0.15, -0.1) is 0 Å². The highest BCUT2D eigenvalue weighted by atomic mass is 19.1. The molecule has 1 heterocycles. The molecule has 1 aliphatic heterocycles. The zero-order valence-electron chi connectivity index (χ0n) is 12.9. The fraction of sp³-hybridized carbons (Fsp3) is 0.588. The average Bonchev–Trinajstić information content (AvgIpc) is 2.53. The van der Waals surface area contributed by atoms with Crippen LogP contribution in [0.2, 0.25) is 0 Å². The van der Waals surface area contributed by atoms with E-state index in [1.807, 2.05) is 0 Å². The Morgan fingerprint density at radius 3 is 2.82 bits per heavy atom. The molecule has 2 aliphatic rings. The van der Waals surface area contributed by atoms with Crippen molar-refractivity contribution in [2.75, 3.05) is 31.5 Å². The van der Waals surface area contributed by atoms with Crippen LogP contribution in [0.5, 0.6) is 0 Å². The Bertz CT molecular complexity index is 520. The molecule has 0 unspecified atom stereocenters. The van der Waals surface area contributed by atoms with Crippen molar-refractivity contribution in [1.29, 1.82) is 0 Å². The Labute approximate surface area is 131 Å². The van der Waals surface area contributed by atoms with Gasteiger partial charge in [-0.1, -0.05) is 31.4 Å². The van der Waals surface area contributed by atoms with Crippen LogP contribution in [0.4, 0.5) is 10.1 Å². The summed E-state index contributed by atoms with van der Waals surface area (Å²) in [6.07, 6.45) is 6.04. The van der Waals surface area contributed by atoms with Crippen molar-refractivity contribution in [1.82, 2.24) is 10.2 Å². The first-order valence-corrected chi connectivity index (χ1v) is 8.20. The minimum absolute atomic E-state index is 0.114. The molecule has 2 fully saturated rings. The van der Waals surface area contributed by atoms with Gasteiger partial charge in [-0.3, -0.25) is 9.69 Å². The summed E-state index contributed by atoms with van der Waals surface area (Å²) in [6.45, 7) is 3.09. The first-order chi connectivity index (χ1) is 10.7. The Hall–Kier alpha value is -1.46. The van der Waals surface area contributed by atoms with Gasteiger partial charge in [0.15, 0.2) is 0 Å². The molecule has 1 saturated carbocycles. The lowest BCUT2D eigenvalue weighted by atomic mass is 9.79. The minimum Gasteiger partial charge on any atom is -0.322 e. The summed E-state index contributed by atoms with van der Waals surface area (Å²) in [5.41, 5.74) is 0.378.